The van der Waals surface area contributed by atoms with Gasteiger partial charge in [-0.05, 0) is 37.0 Å². The van der Waals surface area contributed by atoms with Gasteiger partial charge < -0.3 is 4.74 Å². The molecule has 1 aromatic carbocycles. The van der Waals surface area contributed by atoms with Crippen LogP contribution < -0.4 is 0 Å². The maximum atomic E-state index is 12.9. The first kappa shape index (κ1) is 11.2. The van der Waals surface area contributed by atoms with Gasteiger partial charge in [-0.15, -0.1) is 0 Å². The Morgan fingerprint density at radius 3 is 2.41 bits per heavy atom. The number of benzene rings is 1. The highest BCUT2D eigenvalue weighted by Gasteiger charge is 2.34. The van der Waals surface area contributed by atoms with Crippen molar-refractivity contribution >= 4 is 0 Å². The van der Waals surface area contributed by atoms with E-state index in [9.17, 15) is 4.39 Å². The zero-order valence-corrected chi connectivity index (χ0v) is 9.81. The van der Waals surface area contributed by atoms with E-state index in [1.165, 1.54) is 17.7 Å². The van der Waals surface area contributed by atoms with Crippen molar-refractivity contribution in [1.29, 1.82) is 0 Å². The summed E-state index contributed by atoms with van der Waals surface area (Å²) in [5.74, 6) is -0.163. The molecular formula is C14H17FNO. The molecule has 2 aliphatic rings. The molecule has 2 aliphatic heterocycles. The maximum Gasteiger partial charge on any atom is 0.123 e. The van der Waals surface area contributed by atoms with Crippen molar-refractivity contribution in [3.63, 3.8) is 0 Å². The predicted octanol–water partition coefficient (Wildman–Crippen LogP) is 2.39. The van der Waals surface area contributed by atoms with E-state index in [4.69, 9.17) is 4.74 Å². The van der Waals surface area contributed by atoms with Gasteiger partial charge in [0.25, 0.3) is 0 Å². The molecule has 2 fully saturated rings. The van der Waals surface area contributed by atoms with Crippen LogP contribution in [0.15, 0.2) is 24.3 Å². The average Bonchev–Trinajstić information content (AvgIpc) is 2.32. The number of fused-ring (bicyclic) bond motifs is 2. The van der Waals surface area contributed by atoms with Crippen molar-refractivity contribution in [2.75, 3.05) is 13.2 Å². The topological polar surface area (TPSA) is 12.5 Å². The predicted molar refractivity (Wildman–Crippen MR) is 63.9 cm³/mol. The Labute approximate surface area is 101 Å². The molecule has 17 heavy (non-hydrogen) atoms. The van der Waals surface area contributed by atoms with Crippen LogP contribution >= 0.6 is 0 Å². The van der Waals surface area contributed by atoms with E-state index in [2.05, 4.69) is 11.3 Å². The van der Waals surface area contributed by atoms with E-state index in [-0.39, 0.29) is 5.82 Å². The molecule has 2 unspecified atom stereocenters. The van der Waals surface area contributed by atoms with E-state index < -0.39 is 0 Å². The van der Waals surface area contributed by atoms with Crippen molar-refractivity contribution in [1.82, 2.24) is 4.90 Å². The Hall–Kier alpha value is -0.930. The molecule has 3 rings (SSSR count). The van der Waals surface area contributed by atoms with Crippen LogP contribution in [0.25, 0.3) is 0 Å². The summed E-state index contributed by atoms with van der Waals surface area (Å²) in [6, 6.07) is 7.85. The summed E-state index contributed by atoms with van der Waals surface area (Å²) >= 11 is 0. The first-order chi connectivity index (χ1) is 8.33. The quantitative estimate of drug-likeness (QED) is 0.779. The third-order valence-corrected chi connectivity index (χ3v) is 3.71. The first-order valence-corrected chi connectivity index (χ1v) is 6.22. The molecule has 0 spiro atoms. The molecule has 2 bridgehead atoms. The van der Waals surface area contributed by atoms with Gasteiger partial charge in [-0.3, -0.25) is 4.90 Å². The van der Waals surface area contributed by atoms with Crippen molar-refractivity contribution in [2.45, 2.75) is 31.5 Å². The molecule has 2 heterocycles. The lowest BCUT2D eigenvalue weighted by Gasteiger charge is -2.45. The van der Waals surface area contributed by atoms with E-state index in [0.29, 0.717) is 12.1 Å². The number of halogens is 1. The maximum absolute atomic E-state index is 12.9. The van der Waals surface area contributed by atoms with Gasteiger partial charge in [0, 0.05) is 18.6 Å². The molecular weight excluding hydrogens is 217 g/mol. The fourth-order valence-corrected chi connectivity index (χ4v) is 2.78. The van der Waals surface area contributed by atoms with Crippen LogP contribution in [-0.2, 0) is 11.3 Å². The number of hydrogen-bond acceptors (Lipinski definition) is 2. The highest BCUT2D eigenvalue weighted by molar-refractivity contribution is 5.16. The van der Waals surface area contributed by atoms with Crippen LogP contribution in [0.1, 0.15) is 18.4 Å². The summed E-state index contributed by atoms with van der Waals surface area (Å²) in [5.41, 5.74) is 1.19. The first-order valence-electron chi connectivity index (χ1n) is 6.22. The van der Waals surface area contributed by atoms with E-state index >= 15 is 0 Å². The van der Waals surface area contributed by atoms with Crippen LogP contribution in [0.4, 0.5) is 4.39 Å². The van der Waals surface area contributed by atoms with Gasteiger partial charge in [-0.2, -0.15) is 0 Å². The Bertz CT molecular complexity index is 356. The van der Waals surface area contributed by atoms with Crippen molar-refractivity contribution in [3.8, 4) is 0 Å². The van der Waals surface area contributed by atoms with Crippen molar-refractivity contribution in [2.24, 2.45) is 0 Å². The average molecular weight is 234 g/mol. The minimum Gasteiger partial charge on any atom is -0.378 e. The molecule has 1 radical (unpaired) electrons. The number of morpholine rings is 1. The Morgan fingerprint density at radius 2 is 1.76 bits per heavy atom. The second-order valence-electron chi connectivity index (χ2n) is 4.90. The Balaban J connectivity index is 1.73. The second kappa shape index (κ2) is 4.75. The number of ether oxygens (including phenoxy) is 1. The summed E-state index contributed by atoms with van der Waals surface area (Å²) in [5, 5.41) is 0. The summed E-state index contributed by atoms with van der Waals surface area (Å²) < 4.78 is 18.5. The fourth-order valence-electron chi connectivity index (χ4n) is 2.78. The standard InChI is InChI=1S/C14H17FNO/c15-12-6-4-11(5-7-12)8-16-13-2-1-3-14(16)10-17-9-13/h1,4-7,13-14H,2-3,8-10H2. The van der Waals surface area contributed by atoms with Gasteiger partial charge in [0.15, 0.2) is 0 Å². The number of rotatable bonds is 2. The summed E-state index contributed by atoms with van der Waals surface area (Å²) in [6.45, 7) is 2.56. The van der Waals surface area contributed by atoms with Gasteiger partial charge in [0.1, 0.15) is 5.82 Å². The highest BCUT2D eigenvalue weighted by atomic mass is 19.1. The molecule has 91 valence electrons. The van der Waals surface area contributed by atoms with E-state index in [0.717, 1.165) is 32.6 Å². The Morgan fingerprint density at radius 1 is 1.12 bits per heavy atom. The Kier molecular flexibility index (Phi) is 3.12. The van der Waals surface area contributed by atoms with Crippen LogP contribution in [0.3, 0.4) is 0 Å². The molecule has 0 N–H and O–H groups in total. The summed E-state index contributed by atoms with van der Waals surface area (Å²) in [4.78, 5) is 2.51. The SMILES string of the molecule is Fc1ccc(CN2C3C[CH]CC2COC3)cc1. The van der Waals surface area contributed by atoms with Crippen molar-refractivity contribution in [3.05, 3.63) is 42.1 Å². The van der Waals surface area contributed by atoms with Crippen LogP contribution in [-0.4, -0.2) is 30.2 Å². The number of hydrogen-bond donors (Lipinski definition) is 0. The van der Waals surface area contributed by atoms with Crippen molar-refractivity contribution < 1.29 is 9.13 Å². The lowest BCUT2D eigenvalue weighted by molar-refractivity contribution is -0.0667. The molecule has 0 aliphatic carbocycles. The minimum absolute atomic E-state index is 0.163. The molecule has 2 saturated heterocycles. The molecule has 1 aromatic rings. The molecule has 0 aromatic heterocycles. The highest BCUT2D eigenvalue weighted by Crippen LogP contribution is 2.28. The lowest BCUT2D eigenvalue weighted by atomic mass is 9.93. The monoisotopic (exact) mass is 234 g/mol. The smallest absolute Gasteiger partial charge is 0.123 e. The van der Waals surface area contributed by atoms with Gasteiger partial charge >= 0.3 is 0 Å². The fraction of sp³-hybridized carbons (Fsp3) is 0.500. The van der Waals surface area contributed by atoms with E-state index in [1.807, 2.05) is 12.1 Å². The number of nitrogens with zero attached hydrogens (tertiary/aromatic N) is 1. The zero-order chi connectivity index (χ0) is 11.7. The molecule has 0 saturated carbocycles. The molecule has 0 amide bonds. The molecule has 3 heteroatoms. The van der Waals surface area contributed by atoms with Gasteiger partial charge in [0.05, 0.1) is 13.2 Å². The van der Waals surface area contributed by atoms with Crippen LogP contribution in [0.5, 0.6) is 0 Å². The lowest BCUT2D eigenvalue weighted by Crippen LogP contribution is -2.54. The normalized spacial score (nSPS) is 29.2. The minimum atomic E-state index is -0.163. The summed E-state index contributed by atoms with van der Waals surface area (Å²) in [7, 11) is 0. The third-order valence-electron chi connectivity index (χ3n) is 3.71. The van der Waals surface area contributed by atoms with Gasteiger partial charge in [-0.1, -0.05) is 12.1 Å². The van der Waals surface area contributed by atoms with Crippen LogP contribution in [0.2, 0.25) is 0 Å². The molecule has 2 nitrogen and oxygen atoms in total. The van der Waals surface area contributed by atoms with Gasteiger partial charge in [-0.25, -0.2) is 4.39 Å². The number of piperidine rings is 1. The largest absolute Gasteiger partial charge is 0.378 e. The molecule has 2 atom stereocenters. The summed E-state index contributed by atoms with van der Waals surface area (Å²) in [6.07, 6.45) is 4.59. The zero-order valence-electron chi connectivity index (χ0n) is 9.81. The van der Waals surface area contributed by atoms with Crippen LogP contribution in [0, 0.1) is 12.2 Å². The van der Waals surface area contributed by atoms with E-state index in [1.54, 1.807) is 0 Å². The van der Waals surface area contributed by atoms with Gasteiger partial charge in [0.2, 0.25) is 0 Å². The second-order valence-corrected chi connectivity index (χ2v) is 4.90. The third kappa shape index (κ3) is 2.35.